The van der Waals surface area contributed by atoms with Crippen molar-refractivity contribution in [2.24, 2.45) is 5.92 Å². The summed E-state index contributed by atoms with van der Waals surface area (Å²) in [6, 6.07) is -0.742. The Morgan fingerprint density at radius 1 is 0.962 bits per heavy atom. The smallest absolute Gasteiger partial charge is 0.444 e. The van der Waals surface area contributed by atoms with Crippen LogP contribution in [0, 0.1) is 5.92 Å². The molecule has 2 amide bonds. The molecule has 150 valence electrons. The maximum Gasteiger partial charge on any atom is 0.482 e. The normalized spacial score (nSPS) is 21.3. The molecule has 0 spiro atoms. The van der Waals surface area contributed by atoms with Crippen molar-refractivity contribution < 1.29 is 23.6 Å². The molecular weight excluding hydrogens is 335 g/mol. The highest BCUT2D eigenvalue weighted by Crippen LogP contribution is 2.38. The fourth-order valence-electron chi connectivity index (χ4n) is 2.42. The van der Waals surface area contributed by atoms with Crippen LogP contribution >= 0.6 is 0 Å². The Morgan fingerprint density at radius 3 is 1.81 bits per heavy atom. The van der Waals surface area contributed by atoms with Gasteiger partial charge in [-0.2, -0.15) is 0 Å². The molecule has 7 nitrogen and oxygen atoms in total. The number of rotatable bonds is 5. The molecule has 1 aliphatic heterocycles. The Balaban J connectivity index is 2.73. The highest BCUT2D eigenvalue weighted by molar-refractivity contribution is 6.48. The number of nitrogens with one attached hydrogen (secondary N) is 2. The van der Waals surface area contributed by atoms with E-state index in [1.54, 1.807) is 27.7 Å². The van der Waals surface area contributed by atoms with Gasteiger partial charge in [-0.15, -0.1) is 0 Å². The highest BCUT2D eigenvalue weighted by atomic mass is 16.7. The number of amides is 2. The quantitative estimate of drug-likeness (QED) is 0.727. The predicted molar refractivity (Wildman–Crippen MR) is 102 cm³/mol. The van der Waals surface area contributed by atoms with E-state index in [1.165, 1.54) is 0 Å². The van der Waals surface area contributed by atoms with Crippen LogP contribution in [0.1, 0.15) is 69.2 Å². The van der Waals surface area contributed by atoms with Crippen LogP contribution in [0.15, 0.2) is 0 Å². The average Bonchev–Trinajstić information content (AvgIpc) is 2.61. The second kappa shape index (κ2) is 7.76. The van der Waals surface area contributed by atoms with Crippen LogP contribution in [-0.2, 0) is 18.8 Å². The predicted octanol–water partition coefficient (Wildman–Crippen LogP) is 2.67. The first-order valence-electron chi connectivity index (χ1n) is 9.21. The zero-order valence-electron chi connectivity index (χ0n) is 17.9. The minimum atomic E-state index is -0.742. The molecule has 2 atom stereocenters. The van der Waals surface area contributed by atoms with E-state index in [-0.39, 0.29) is 17.8 Å². The Morgan fingerprint density at radius 2 is 1.42 bits per heavy atom. The average molecular weight is 370 g/mol. The van der Waals surface area contributed by atoms with Crippen LogP contribution in [-0.4, -0.2) is 47.9 Å². The molecule has 1 rings (SSSR count). The van der Waals surface area contributed by atoms with Crippen LogP contribution < -0.4 is 10.6 Å². The van der Waals surface area contributed by atoms with E-state index < -0.39 is 36.1 Å². The molecule has 1 unspecified atom stereocenters. The molecule has 2 N–H and O–H groups in total. The first-order chi connectivity index (χ1) is 11.6. The van der Waals surface area contributed by atoms with Crippen LogP contribution in [0.5, 0.6) is 0 Å². The topological polar surface area (TPSA) is 85.9 Å². The summed E-state index contributed by atoms with van der Waals surface area (Å²) in [7, 11) is -0.558. The number of hydrogen-bond donors (Lipinski definition) is 2. The highest BCUT2D eigenvalue weighted by Gasteiger charge is 2.54. The molecule has 0 radical (unpaired) electrons. The summed E-state index contributed by atoms with van der Waals surface area (Å²) in [6.07, 6.45) is -0.628. The van der Waals surface area contributed by atoms with Gasteiger partial charge in [0.2, 0.25) is 5.91 Å². The molecule has 0 bridgehead atoms. The molecule has 8 heteroatoms. The van der Waals surface area contributed by atoms with Crippen molar-refractivity contribution in [1.29, 1.82) is 0 Å². The van der Waals surface area contributed by atoms with Crippen molar-refractivity contribution in [2.45, 2.75) is 98.0 Å². The Labute approximate surface area is 158 Å². The van der Waals surface area contributed by atoms with Gasteiger partial charge < -0.3 is 24.7 Å². The van der Waals surface area contributed by atoms with Crippen molar-refractivity contribution in [3.05, 3.63) is 0 Å². The van der Waals surface area contributed by atoms with Gasteiger partial charge in [0.1, 0.15) is 11.6 Å². The number of hydrogen-bond acceptors (Lipinski definition) is 5. The van der Waals surface area contributed by atoms with Gasteiger partial charge >= 0.3 is 13.2 Å². The lowest BCUT2D eigenvalue weighted by atomic mass is 9.72. The second-order valence-corrected chi connectivity index (χ2v) is 9.27. The van der Waals surface area contributed by atoms with Gasteiger partial charge in [-0.3, -0.25) is 4.79 Å². The molecule has 26 heavy (non-hydrogen) atoms. The fraction of sp³-hybridized carbons (Fsp3) is 0.889. The molecule has 1 saturated heterocycles. The number of alkyl carbamates (subject to hydrolysis) is 1. The molecule has 1 fully saturated rings. The van der Waals surface area contributed by atoms with E-state index in [1.807, 2.05) is 41.5 Å². The van der Waals surface area contributed by atoms with E-state index in [4.69, 9.17) is 14.0 Å². The standard InChI is InChI=1S/C18H35BN2O5/c1-11(2)13(19-25-17(7,8)18(9,10)26-19)21-14(22)12(3)20-15(23)24-16(4,5)6/h11-13H,1-10H3,(H,20,23)(H,21,22)/t12-,13?/m0/s1. The Bertz CT molecular complexity index is 512. The Hall–Kier alpha value is -1.28. The van der Waals surface area contributed by atoms with Crippen molar-refractivity contribution in [3.8, 4) is 0 Å². The summed E-state index contributed by atoms with van der Waals surface area (Å²) in [4.78, 5) is 24.4. The number of carbonyl (C=O) groups excluding carboxylic acids is 2. The SMILES string of the molecule is CC(C)C(NC(=O)[C@H](C)NC(=O)OC(C)(C)C)B1OC(C)(C)C(C)(C)O1. The van der Waals surface area contributed by atoms with Gasteiger partial charge in [0.25, 0.3) is 0 Å². The largest absolute Gasteiger partial charge is 0.482 e. The van der Waals surface area contributed by atoms with Crippen molar-refractivity contribution in [3.63, 3.8) is 0 Å². The van der Waals surface area contributed by atoms with E-state index in [2.05, 4.69) is 10.6 Å². The lowest BCUT2D eigenvalue weighted by Gasteiger charge is -2.32. The lowest BCUT2D eigenvalue weighted by Crippen LogP contribution is -2.56. The minimum Gasteiger partial charge on any atom is -0.444 e. The van der Waals surface area contributed by atoms with Crippen LogP contribution in [0.2, 0.25) is 0 Å². The number of carbonyl (C=O) groups is 2. The maximum absolute atomic E-state index is 12.5. The zero-order valence-corrected chi connectivity index (χ0v) is 17.9. The minimum absolute atomic E-state index is 0.0855. The van der Waals surface area contributed by atoms with Gasteiger partial charge in [0.05, 0.1) is 17.1 Å². The molecule has 1 heterocycles. The molecule has 0 saturated carbocycles. The van der Waals surface area contributed by atoms with Gasteiger partial charge in [-0.05, 0) is 61.3 Å². The van der Waals surface area contributed by atoms with E-state index in [0.717, 1.165) is 0 Å². The molecule has 1 aliphatic rings. The maximum atomic E-state index is 12.5. The molecule has 0 aromatic carbocycles. The third-order valence-electron chi connectivity index (χ3n) is 4.72. The summed E-state index contributed by atoms with van der Waals surface area (Å²) in [5.41, 5.74) is -1.57. The third-order valence-corrected chi connectivity index (χ3v) is 4.72. The summed E-state index contributed by atoms with van der Waals surface area (Å²) in [5.74, 6) is -0.571. The third kappa shape index (κ3) is 5.88. The molecule has 0 aromatic heterocycles. The summed E-state index contributed by atoms with van der Waals surface area (Å²) in [5, 5.41) is 5.49. The summed E-state index contributed by atoms with van der Waals surface area (Å²) < 4.78 is 17.3. The molecule has 0 aliphatic carbocycles. The summed E-state index contributed by atoms with van der Waals surface area (Å²) in [6.45, 7) is 18.8. The fourth-order valence-corrected chi connectivity index (χ4v) is 2.42. The van der Waals surface area contributed by atoms with Crippen molar-refractivity contribution >= 4 is 19.1 Å². The van der Waals surface area contributed by atoms with Crippen LogP contribution in [0.25, 0.3) is 0 Å². The molecule has 0 aromatic rings. The first kappa shape index (κ1) is 22.8. The lowest BCUT2D eigenvalue weighted by molar-refractivity contribution is -0.123. The van der Waals surface area contributed by atoms with Gasteiger partial charge in [0, 0.05) is 0 Å². The van der Waals surface area contributed by atoms with E-state index in [0.29, 0.717) is 0 Å². The van der Waals surface area contributed by atoms with Gasteiger partial charge in [0.15, 0.2) is 0 Å². The number of ether oxygens (including phenoxy) is 1. The van der Waals surface area contributed by atoms with Crippen molar-refractivity contribution in [1.82, 2.24) is 10.6 Å². The van der Waals surface area contributed by atoms with Gasteiger partial charge in [-0.1, -0.05) is 13.8 Å². The van der Waals surface area contributed by atoms with Crippen LogP contribution in [0.4, 0.5) is 4.79 Å². The second-order valence-electron chi connectivity index (χ2n) is 9.27. The van der Waals surface area contributed by atoms with Crippen LogP contribution in [0.3, 0.4) is 0 Å². The Kier molecular flexibility index (Phi) is 6.80. The van der Waals surface area contributed by atoms with Crippen molar-refractivity contribution in [2.75, 3.05) is 0 Å². The van der Waals surface area contributed by atoms with Gasteiger partial charge in [-0.25, -0.2) is 4.79 Å². The summed E-state index contributed by atoms with van der Waals surface area (Å²) >= 11 is 0. The van der Waals surface area contributed by atoms with E-state index in [9.17, 15) is 9.59 Å². The monoisotopic (exact) mass is 370 g/mol. The molecular formula is C18H35BN2O5. The van der Waals surface area contributed by atoms with E-state index >= 15 is 0 Å². The first-order valence-corrected chi connectivity index (χ1v) is 9.21. The zero-order chi connectivity index (χ0) is 20.5.